The molecule has 3 aliphatic rings. The van der Waals surface area contributed by atoms with Gasteiger partial charge in [-0.3, -0.25) is 0 Å². The standard InChI is InChI=1S/C28H24OSi/c30-29-28(25-16-13-19-7-1-4-10-22(19)25,26-17-14-20-8-2-5-11-23(20)26)27-18-15-21-9-3-6-12-24(21)27/h1-18,25-27H,30H3. The van der Waals surface area contributed by atoms with Crippen LogP contribution in [0.5, 0.6) is 0 Å². The van der Waals surface area contributed by atoms with Gasteiger partial charge in [0, 0.05) is 17.8 Å². The molecule has 6 rings (SSSR count). The molecule has 3 unspecified atom stereocenters. The van der Waals surface area contributed by atoms with Crippen LogP contribution < -0.4 is 0 Å². The zero-order valence-corrected chi connectivity index (χ0v) is 19.0. The average molecular weight is 405 g/mol. The molecule has 0 radical (unpaired) electrons. The first-order valence-electron chi connectivity index (χ1n) is 10.7. The summed E-state index contributed by atoms with van der Waals surface area (Å²) in [4.78, 5) is 0. The maximum absolute atomic E-state index is 6.85. The van der Waals surface area contributed by atoms with Gasteiger partial charge in [-0.2, -0.15) is 0 Å². The first-order valence-corrected chi connectivity index (χ1v) is 11.5. The maximum Gasteiger partial charge on any atom is 0.146 e. The summed E-state index contributed by atoms with van der Waals surface area (Å²) >= 11 is 0. The Morgan fingerprint density at radius 2 is 0.867 bits per heavy atom. The summed E-state index contributed by atoms with van der Waals surface area (Å²) in [6, 6.07) is 26.4. The third kappa shape index (κ3) is 2.38. The second kappa shape index (κ2) is 6.80. The third-order valence-corrected chi connectivity index (χ3v) is 7.92. The van der Waals surface area contributed by atoms with Crippen molar-refractivity contribution < 1.29 is 4.43 Å². The first-order chi connectivity index (χ1) is 14.8. The molecule has 2 heteroatoms. The maximum atomic E-state index is 6.85. The lowest BCUT2D eigenvalue weighted by Gasteiger charge is -2.47. The molecule has 3 aromatic rings. The zero-order chi connectivity index (χ0) is 20.1. The van der Waals surface area contributed by atoms with Gasteiger partial charge >= 0.3 is 0 Å². The van der Waals surface area contributed by atoms with Crippen LogP contribution in [0.1, 0.15) is 51.1 Å². The predicted octanol–water partition coefficient (Wildman–Crippen LogP) is 5.45. The van der Waals surface area contributed by atoms with E-state index in [1.165, 1.54) is 33.4 Å². The molecule has 0 fully saturated rings. The van der Waals surface area contributed by atoms with Gasteiger partial charge < -0.3 is 4.43 Å². The Balaban J connectivity index is 1.60. The van der Waals surface area contributed by atoms with Crippen molar-refractivity contribution in [2.24, 2.45) is 0 Å². The lowest BCUT2D eigenvalue weighted by Crippen LogP contribution is -2.47. The largest absolute Gasteiger partial charge is 0.420 e. The molecule has 0 saturated heterocycles. The minimum atomic E-state index is -0.387. The summed E-state index contributed by atoms with van der Waals surface area (Å²) < 4.78 is 6.85. The topological polar surface area (TPSA) is 9.23 Å². The van der Waals surface area contributed by atoms with E-state index >= 15 is 0 Å². The molecule has 30 heavy (non-hydrogen) atoms. The number of benzene rings is 3. The van der Waals surface area contributed by atoms with Gasteiger partial charge in [0.25, 0.3) is 0 Å². The van der Waals surface area contributed by atoms with E-state index in [1.807, 2.05) is 0 Å². The fraction of sp³-hybridized carbons (Fsp3) is 0.143. The first kappa shape index (κ1) is 17.9. The van der Waals surface area contributed by atoms with Gasteiger partial charge in [0.15, 0.2) is 0 Å². The van der Waals surface area contributed by atoms with E-state index in [2.05, 4.69) is 109 Å². The van der Waals surface area contributed by atoms with Crippen LogP contribution in [0, 0.1) is 0 Å². The van der Waals surface area contributed by atoms with E-state index < -0.39 is 0 Å². The van der Waals surface area contributed by atoms with E-state index in [4.69, 9.17) is 4.43 Å². The minimum Gasteiger partial charge on any atom is -0.420 e. The SMILES string of the molecule is [SiH3]OC(C1C=Cc2ccccc21)(C1C=Cc2ccccc21)C1C=Cc2ccccc21. The van der Waals surface area contributed by atoms with Crippen LogP contribution in [0.2, 0.25) is 0 Å². The summed E-state index contributed by atoms with van der Waals surface area (Å²) in [5.74, 6) is 0.605. The second-order valence-electron chi connectivity index (χ2n) is 8.45. The van der Waals surface area contributed by atoms with Gasteiger partial charge in [0.1, 0.15) is 10.5 Å². The Hall–Kier alpha value is -2.94. The van der Waals surface area contributed by atoms with Crippen LogP contribution in [-0.4, -0.2) is 16.1 Å². The van der Waals surface area contributed by atoms with E-state index in [0.717, 1.165) is 0 Å². The quantitative estimate of drug-likeness (QED) is 0.525. The fourth-order valence-electron chi connectivity index (χ4n) is 5.89. The van der Waals surface area contributed by atoms with Crippen LogP contribution >= 0.6 is 0 Å². The monoisotopic (exact) mass is 404 g/mol. The van der Waals surface area contributed by atoms with Gasteiger partial charge in [0.2, 0.25) is 0 Å². The lowest BCUT2D eigenvalue weighted by atomic mass is 9.64. The summed E-state index contributed by atoms with van der Waals surface area (Å²) in [5, 5.41) is 0. The summed E-state index contributed by atoms with van der Waals surface area (Å²) in [6.45, 7) is 0. The average Bonchev–Trinajstić information content (AvgIpc) is 3.53. The normalized spacial score (nSPS) is 24.6. The fourth-order valence-corrected chi connectivity index (χ4v) is 6.65. The van der Waals surface area contributed by atoms with Crippen molar-refractivity contribution in [2.75, 3.05) is 0 Å². The Bertz CT molecular complexity index is 1070. The summed E-state index contributed by atoms with van der Waals surface area (Å²) in [6.07, 6.45) is 14.0. The van der Waals surface area contributed by atoms with Crippen molar-refractivity contribution in [3.8, 4) is 0 Å². The third-order valence-electron chi connectivity index (χ3n) is 7.21. The highest BCUT2D eigenvalue weighted by atomic mass is 28.2. The number of fused-ring (bicyclic) bond motifs is 3. The van der Waals surface area contributed by atoms with Crippen molar-refractivity contribution in [2.45, 2.75) is 23.4 Å². The van der Waals surface area contributed by atoms with Crippen LogP contribution in [0.3, 0.4) is 0 Å². The van der Waals surface area contributed by atoms with Gasteiger partial charge in [-0.25, -0.2) is 0 Å². The number of rotatable bonds is 4. The predicted molar refractivity (Wildman–Crippen MR) is 128 cm³/mol. The molecule has 0 aliphatic heterocycles. The smallest absolute Gasteiger partial charge is 0.146 e. The Kier molecular flexibility index (Phi) is 4.05. The highest BCUT2D eigenvalue weighted by Crippen LogP contribution is 2.58. The molecule has 0 saturated carbocycles. The highest BCUT2D eigenvalue weighted by Gasteiger charge is 2.53. The molecule has 0 aromatic heterocycles. The van der Waals surface area contributed by atoms with Crippen molar-refractivity contribution >= 4 is 28.7 Å². The molecular weight excluding hydrogens is 380 g/mol. The van der Waals surface area contributed by atoms with Crippen LogP contribution in [-0.2, 0) is 4.43 Å². The number of hydrogen-bond acceptors (Lipinski definition) is 1. The van der Waals surface area contributed by atoms with Crippen LogP contribution in [0.25, 0.3) is 18.2 Å². The molecule has 1 nitrogen and oxygen atoms in total. The Labute approximate surface area is 181 Å². The lowest BCUT2D eigenvalue weighted by molar-refractivity contribution is 0.0355. The molecule has 0 spiro atoms. The van der Waals surface area contributed by atoms with Gasteiger partial charge in [-0.05, 0) is 33.4 Å². The molecule has 3 aromatic carbocycles. The zero-order valence-electron chi connectivity index (χ0n) is 17.0. The molecule has 0 N–H and O–H groups in total. The molecule has 146 valence electrons. The minimum absolute atomic E-state index is 0.202. The van der Waals surface area contributed by atoms with Crippen molar-refractivity contribution in [1.82, 2.24) is 0 Å². The molecule has 0 bridgehead atoms. The van der Waals surface area contributed by atoms with Crippen LogP contribution in [0.15, 0.2) is 91.0 Å². The van der Waals surface area contributed by atoms with Gasteiger partial charge in [0.05, 0.1) is 5.60 Å². The highest BCUT2D eigenvalue weighted by molar-refractivity contribution is 5.99. The molecule has 3 aliphatic carbocycles. The van der Waals surface area contributed by atoms with E-state index in [1.54, 1.807) is 0 Å². The molecular formula is C28H24OSi. The summed E-state index contributed by atoms with van der Waals surface area (Å²) in [7, 11) is 0.674. The van der Waals surface area contributed by atoms with E-state index in [9.17, 15) is 0 Å². The molecule has 0 heterocycles. The second-order valence-corrected chi connectivity index (χ2v) is 8.86. The van der Waals surface area contributed by atoms with E-state index in [0.29, 0.717) is 10.5 Å². The van der Waals surface area contributed by atoms with E-state index in [-0.39, 0.29) is 23.4 Å². The molecule has 3 atom stereocenters. The van der Waals surface area contributed by atoms with Gasteiger partial charge in [-0.1, -0.05) is 109 Å². The molecule has 0 amide bonds. The van der Waals surface area contributed by atoms with Crippen LogP contribution in [0.4, 0.5) is 0 Å². The summed E-state index contributed by atoms with van der Waals surface area (Å²) in [5.41, 5.74) is 7.70. The number of hydrogen-bond donors (Lipinski definition) is 0. The Morgan fingerprint density at radius 1 is 0.533 bits per heavy atom. The van der Waals surface area contributed by atoms with Crippen molar-refractivity contribution in [3.05, 3.63) is 124 Å². The van der Waals surface area contributed by atoms with Crippen molar-refractivity contribution in [1.29, 1.82) is 0 Å². The Morgan fingerprint density at radius 3 is 1.20 bits per heavy atom. The van der Waals surface area contributed by atoms with Gasteiger partial charge in [-0.15, -0.1) is 0 Å². The van der Waals surface area contributed by atoms with Crippen molar-refractivity contribution in [3.63, 3.8) is 0 Å².